The fourth-order valence-corrected chi connectivity index (χ4v) is 3.90. The molecule has 6 nitrogen and oxygen atoms in total. The van der Waals surface area contributed by atoms with Gasteiger partial charge in [0.15, 0.2) is 11.6 Å². The summed E-state index contributed by atoms with van der Waals surface area (Å²) in [7, 11) is 5.16. The average Bonchev–Trinajstić information content (AvgIpc) is 3.11. The molecule has 0 spiro atoms. The number of quaternary nitrogens is 1. The molecule has 27 heavy (non-hydrogen) atoms. The summed E-state index contributed by atoms with van der Waals surface area (Å²) in [6.07, 6.45) is 0. The Morgan fingerprint density at radius 3 is 2.70 bits per heavy atom. The Kier molecular flexibility index (Phi) is 5.93. The molecule has 2 aromatic carbocycles. The molecule has 0 aliphatic carbocycles. The molecule has 3 aromatic rings. The quantitative estimate of drug-likeness (QED) is 0.655. The Labute approximate surface area is 162 Å². The van der Waals surface area contributed by atoms with E-state index >= 15 is 0 Å². The van der Waals surface area contributed by atoms with Crippen molar-refractivity contribution in [3.63, 3.8) is 0 Å². The minimum absolute atomic E-state index is 0.0797. The van der Waals surface area contributed by atoms with Crippen molar-refractivity contribution in [3.05, 3.63) is 47.5 Å². The number of benzene rings is 2. The molecule has 7 heteroatoms. The molecule has 142 valence electrons. The van der Waals surface area contributed by atoms with Gasteiger partial charge in [0.2, 0.25) is 0 Å². The van der Waals surface area contributed by atoms with Crippen molar-refractivity contribution >= 4 is 33.1 Å². The Bertz CT molecular complexity index is 908. The largest absolute Gasteiger partial charge is 0.497 e. The average molecular weight is 386 g/mol. The lowest BCUT2D eigenvalue weighted by Crippen LogP contribution is -3.10. The van der Waals surface area contributed by atoms with Gasteiger partial charge in [0.1, 0.15) is 17.5 Å². The SMILES string of the molecule is COc1ccc(NC(=O)C[NH+](C)[C@H](C)c2nc3ccccc3s2)c(OC)c1. The van der Waals surface area contributed by atoms with Crippen LogP contribution in [0.3, 0.4) is 0 Å². The number of fused-ring (bicyclic) bond motifs is 1. The van der Waals surface area contributed by atoms with E-state index in [0.717, 1.165) is 15.4 Å². The first-order chi connectivity index (χ1) is 13.0. The number of carbonyl (C=O) groups is 1. The first-order valence-corrected chi connectivity index (χ1v) is 9.53. The molecule has 1 unspecified atom stereocenters. The number of anilines is 1. The van der Waals surface area contributed by atoms with Gasteiger partial charge in [-0.05, 0) is 31.2 Å². The minimum atomic E-state index is -0.0797. The van der Waals surface area contributed by atoms with Crippen LogP contribution in [0.15, 0.2) is 42.5 Å². The maximum absolute atomic E-state index is 12.5. The Morgan fingerprint density at radius 1 is 1.22 bits per heavy atom. The zero-order valence-corrected chi connectivity index (χ0v) is 16.7. The molecule has 0 aliphatic heterocycles. The third-order valence-corrected chi connectivity index (χ3v) is 5.76. The van der Waals surface area contributed by atoms with Crippen LogP contribution in [-0.2, 0) is 4.79 Å². The number of nitrogens with zero attached hydrogens (tertiary/aromatic N) is 1. The second kappa shape index (κ2) is 8.37. The van der Waals surface area contributed by atoms with Crippen LogP contribution in [0.2, 0.25) is 0 Å². The molecule has 0 radical (unpaired) electrons. The number of aromatic nitrogens is 1. The van der Waals surface area contributed by atoms with Gasteiger partial charge in [0.25, 0.3) is 5.91 Å². The van der Waals surface area contributed by atoms with E-state index in [4.69, 9.17) is 14.5 Å². The summed E-state index contributed by atoms with van der Waals surface area (Å²) in [5, 5.41) is 3.95. The molecule has 3 rings (SSSR count). The van der Waals surface area contributed by atoms with E-state index in [1.807, 2.05) is 25.2 Å². The van der Waals surface area contributed by atoms with Crippen LogP contribution < -0.4 is 19.7 Å². The lowest BCUT2D eigenvalue weighted by Gasteiger charge is -2.20. The molecule has 0 saturated carbocycles. The number of carbonyl (C=O) groups excluding carboxylic acids is 1. The van der Waals surface area contributed by atoms with E-state index < -0.39 is 0 Å². The molecular formula is C20H24N3O3S+. The summed E-state index contributed by atoms with van der Waals surface area (Å²) in [5.74, 6) is 1.17. The predicted molar refractivity (Wildman–Crippen MR) is 108 cm³/mol. The van der Waals surface area contributed by atoms with Gasteiger partial charge in [0.05, 0.1) is 37.2 Å². The smallest absolute Gasteiger partial charge is 0.279 e. The Balaban J connectivity index is 1.66. The number of likely N-dealkylation sites (N-methyl/N-ethyl adjacent to an activating group) is 1. The highest BCUT2D eigenvalue weighted by Gasteiger charge is 2.22. The number of methoxy groups -OCH3 is 2. The highest BCUT2D eigenvalue weighted by atomic mass is 32.1. The van der Waals surface area contributed by atoms with Gasteiger partial charge < -0.3 is 19.7 Å². The maximum atomic E-state index is 12.5. The number of para-hydroxylation sites is 1. The Morgan fingerprint density at radius 2 is 2.00 bits per heavy atom. The summed E-state index contributed by atoms with van der Waals surface area (Å²) < 4.78 is 11.7. The fourth-order valence-electron chi connectivity index (χ4n) is 2.79. The van der Waals surface area contributed by atoms with Gasteiger partial charge in [-0.15, -0.1) is 11.3 Å². The second-order valence-electron chi connectivity index (χ2n) is 6.38. The van der Waals surface area contributed by atoms with E-state index in [1.54, 1.807) is 43.8 Å². The molecule has 0 saturated heterocycles. The number of hydrogen-bond donors (Lipinski definition) is 2. The van der Waals surface area contributed by atoms with Crippen LogP contribution in [0, 0.1) is 0 Å². The number of amides is 1. The molecule has 2 atom stereocenters. The van der Waals surface area contributed by atoms with Gasteiger partial charge in [-0.1, -0.05) is 12.1 Å². The molecule has 0 fully saturated rings. The van der Waals surface area contributed by atoms with Crippen LogP contribution >= 0.6 is 11.3 Å². The molecule has 2 N–H and O–H groups in total. The van der Waals surface area contributed by atoms with E-state index in [-0.39, 0.29) is 11.9 Å². The number of thiazole rings is 1. The van der Waals surface area contributed by atoms with E-state index in [1.165, 1.54) is 4.70 Å². The van der Waals surface area contributed by atoms with Crippen molar-refractivity contribution in [1.29, 1.82) is 0 Å². The third-order valence-electron chi connectivity index (χ3n) is 4.54. The van der Waals surface area contributed by atoms with Crippen molar-refractivity contribution in [1.82, 2.24) is 4.98 Å². The summed E-state index contributed by atoms with van der Waals surface area (Å²) in [5.41, 5.74) is 1.63. The summed E-state index contributed by atoms with van der Waals surface area (Å²) in [6, 6.07) is 13.5. The number of hydrogen-bond acceptors (Lipinski definition) is 5. The molecular weight excluding hydrogens is 362 g/mol. The van der Waals surface area contributed by atoms with Gasteiger partial charge >= 0.3 is 0 Å². The molecule has 1 aromatic heterocycles. The zero-order chi connectivity index (χ0) is 19.4. The number of rotatable bonds is 7. The number of nitrogens with one attached hydrogen (secondary N) is 2. The van der Waals surface area contributed by atoms with Gasteiger partial charge in [-0.3, -0.25) is 4.79 Å². The summed E-state index contributed by atoms with van der Waals surface area (Å²) in [4.78, 5) is 18.3. The topological polar surface area (TPSA) is 64.9 Å². The molecule has 0 aliphatic rings. The van der Waals surface area contributed by atoms with Crippen molar-refractivity contribution in [2.45, 2.75) is 13.0 Å². The lowest BCUT2D eigenvalue weighted by atomic mass is 10.2. The van der Waals surface area contributed by atoms with Gasteiger partial charge in [-0.25, -0.2) is 4.98 Å². The van der Waals surface area contributed by atoms with Gasteiger partial charge in [-0.2, -0.15) is 0 Å². The second-order valence-corrected chi connectivity index (χ2v) is 7.44. The molecule has 1 heterocycles. The highest BCUT2D eigenvalue weighted by molar-refractivity contribution is 7.18. The van der Waals surface area contributed by atoms with Crippen LogP contribution in [-0.4, -0.2) is 38.7 Å². The standard InChI is InChI=1S/C20H23N3O3S/c1-13(20-22-16-7-5-6-8-18(16)27-20)23(2)12-19(24)21-15-10-9-14(25-3)11-17(15)26-4/h5-11,13H,12H2,1-4H3,(H,21,24)/p+1/t13-/m1/s1. The minimum Gasteiger partial charge on any atom is -0.497 e. The normalized spacial score (nSPS) is 13.2. The molecule has 1 amide bonds. The van der Waals surface area contributed by atoms with E-state index in [0.29, 0.717) is 23.7 Å². The van der Waals surface area contributed by atoms with Crippen LogP contribution in [0.1, 0.15) is 18.0 Å². The molecule has 0 bridgehead atoms. The summed E-state index contributed by atoms with van der Waals surface area (Å²) in [6.45, 7) is 2.42. The fraction of sp³-hybridized carbons (Fsp3) is 0.300. The summed E-state index contributed by atoms with van der Waals surface area (Å²) >= 11 is 1.68. The van der Waals surface area contributed by atoms with Crippen molar-refractivity contribution < 1.29 is 19.2 Å². The zero-order valence-electron chi connectivity index (χ0n) is 15.9. The van der Waals surface area contributed by atoms with Crippen molar-refractivity contribution in [3.8, 4) is 11.5 Å². The number of ether oxygens (including phenoxy) is 2. The van der Waals surface area contributed by atoms with Crippen molar-refractivity contribution in [2.24, 2.45) is 0 Å². The van der Waals surface area contributed by atoms with Gasteiger partial charge in [0, 0.05) is 6.07 Å². The first-order valence-electron chi connectivity index (χ1n) is 8.71. The van der Waals surface area contributed by atoms with Crippen molar-refractivity contribution in [2.75, 3.05) is 33.1 Å². The van der Waals surface area contributed by atoms with E-state index in [2.05, 4.69) is 18.3 Å². The lowest BCUT2D eigenvalue weighted by molar-refractivity contribution is -0.902. The maximum Gasteiger partial charge on any atom is 0.279 e. The predicted octanol–water partition coefficient (Wildman–Crippen LogP) is 2.53. The third kappa shape index (κ3) is 4.37. The van der Waals surface area contributed by atoms with Crippen LogP contribution in [0.25, 0.3) is 10.2 Å². The monoisotopic (exact) mass is 386 g/mol. The van der Waals surface area contributed by atoms with Crippen LogP contribution in [0.5, 0.6) is 11.5 Å². The van der Waals surface area contributed by atoms with E-state index in [9.17, 15) is 4.79 Å². The first kappa shape index (κ1) is 19.1. The highest BCUT2D eigenvalue weighted by Crippen LogP contribution is 2.29. The Hall–Kier alpha value is -2.64. The van der Waals surface area contributed by atoms with Crippen LogP contribution in [0.4, 0.5) is 5.69 Å².